The molecule has 0 atom stereocenters. The monoisotopic (exact) mass is 277 g/mol. The molecule has 6 nitrogen and oxygen atoms in total. The zero-order chi connectivity index (χ0) is 13.9. The highest BCUT2D eigenvalue weighted by Gasteiger charge is 2.36. The number of hydrogen-bond donors (Lipinski definition) is 1. The summed E-state index contributed by atoms with van der Waals surface area (Å²) in [4.78, 5) is 10.7. The lowest BCUT2D eigenvalue weighted by Gasteiger charge is -2.24. The minimum Gasteiger partial charge on any atom is -0.461 e. The summed E-state index contributed by atoms with van der Waals surface area (Å²) in [6.45, 7) is 5.05. The molecule has 0 bridgehead atoms. The van der Waals surface area contributed by atoms with Crippen molar-refractivity contribution in [1.82, 2.24) is 5.32 Å². The number of hydrogen-bond acceptors (Lipinski definition) is 6. The summed E-state index contributed by atoms with van der Waals surface area (Å²) in [7, 11) is 2.35. The summed E-state index contributed by atoms with van der Waals surface area (Å²) >= 11 is 0. The summed E-state index contributed by atoms with van der Waals surface area (Å²) in [5.74, 6) is -0.402. The molecule has 0 fully saturated rings. The molecule has 0 aromatic rings. The van der Waals surface area contributed by atoms with Crippen molar-refractivity contribution in [2.45, 2.75) is 12.5 Å². The molecule has 0 aromatic heterocycles. The molecule has 106 valence electrons. The van der Waals surface area contributed by atoms with Gasteiger partial charge in [0, 0.05) is 40.0 Å². The van der Waals surface area contributed by atoms with Crippen molar-refractivity contribution >= 4 is 14.8 Å². The first-order chi connectivity index (χ1) is 8.64. The molecule has 0 saturated heterocycles. The Hall–Kier alpha value is -0.733. The topological polar surface area (TPSA) is 66.0 Å². The molecular weight excluding hydrogens is 254 g/mol. The van der Waals surface area contributed by atoms with E-state index in [9.17, 15) is 4.79 Å². The minimum atomic E-state index is -2.45. The van der Waals surface area contributed by atoms with Gasteiger partial charge in [-0.15, -0.1) is 0 Å². The Balaban J connectivity index is 3.55. The number of rotatable bonds is 11. The van der Waals surface area contributed by atoms with E-state index in [1.807, 2.05) is 0 Å². The van der Waals surface area contributed by atoms with Crippen molar-refractivity contribution in [3.8, 4) is 0 Å². The van der Waals surface area contributed by atoms with Crippen LogP contribution in [-0.2, 0) is 22.8 Å². The van der Waals surface area contributed by atoms with E-state index in [1.54, 1.807) is 21.3 Å². The van der Waals surface area contributed by atoms with Crippen molar-refractivity contribution in [2.75, 3.05) is 41.0 Å². The van der Waals surface area contributed by atoms with E-state index in [4.69, 9.17) is 18.0 Å². The van der Waals surface area contributed by atoms with E-state index in [0.717, 1.165) is 25.1 Å². The van der Waals surface area contributed by atoms with Gasteiger partial charge in [0.15, 0.2) is 0 Å². The van der Waals surface area contributed by atoms with Crippen LogP contribution in [0.5, 0.6) is 0 Å². The van der Waals surface area contributed by atoms with Crippen LogP contribution in [-0.4, -0.2) is 55.8 Å². The minimum absolute atomic E-state index is 0.340. The smallest absolute Gasteiger partial charge is 0.461 e. The summed E-state index contributed by atoms with van der Waals surface area (Å²) < 4.78 is 20.7. The van der Waals surface area contributed by atoms with E-state index in [2.05, 4.69) is 11.9 Å². The summed E-state index contributed by atoms with van der Waals surface area (Å²) in [5, 5.41) is 3.15. The maximum absolute atomic E-state index is 10.7. The Morgan fingerprint density at radius 1 is 1.22 bits per heavy atom. The van der Waals surface area contributed by atoms with Crippen LogP contribution in [0.25, 0.3) is 0 Å². The maximum Gasteiger partial charge on any atom is 0.500 e. The maximum atomic E-state index is 10.7. The van der Waals surface area contributed by atoms with Crippen molar-refractivity contribution in [3.63, 3.8) is 0 Å². The lowest BCUT2D eigenvalue weighted by molar-refractivity contribution is -0.137. The van der Waals surface area contributed by atoms with Crippen molar-refractivity contribution in [1.29, 1.82) is 0 Å². The number of esters is 1. The highest BCUT2D eigenvalue weighted by Crippen LogP contribution is 2.14. The van der Waals surface area contributed by atoms with E-state index in [0.29, 0.717) is 13.2 Å². The second kappa shape index (κ2) is 10.2. The Morgan fingerprint density at radius 2 is 1.83 bits per heavy atom. The van der Waals surface area contributed by atoms with E-state index < -0.39 is 14.8 Å². The molecule has 0 rings (SSSR count). The normalized spacial score (nSPS) is 11.3. The Morgan fingerprint density at radius 3 is 2.33 bits per heavy atom. The molecule has 0 aliphatic heterocycles. The fourth-order valence-electron chi connectivity index (χ4n) is 1.39. The molecular formula is C11H23NO5Si. The van der Waals surface area contributed by atoms with Crippen molar-refractivity contribution in [2.24, 2.45) is 0 Å². The van der Waals surface area contributed by atoms with Gasteiger partial charge in [0.2, 0.25) is 0 Å². The standard InChI is InChI=1S/C11H23NO5Si/c1-5-11(13)17-9-8-12-7-6-10-18(14-2,15-3)16-4/h5,12H,1,6-10H2,2-4H3. The summed E-state index contributed by atoms with van der Waals surface area (Å²) in [5.41, 5.74) is 0. The lowest BCUT2D eigenvalue weighted by atomic mass is 10.5. The predicted octanol–water partition coefficient (Wildman–Crippen LogP) is 0.573. The van der Waals surface area contributed by atoms with Gasteiger partial charge >= 0.3 is 14.8 Å². The second-order valence-electron chi connectivity index (χ2n) is 3.52. The van der Waals surface area contributed by atoms with Crippen LogP contribution in [0, 0.1) is 0 Å². The fourth-order valence-corrected chi connectivity index (χ4v) is 3.12. The molecule has 0 spiro atoms. The first-order valence-corrected chi connectivity index (χ1v) is 7.72. The average molecular weight is 277 g/mol. The molecule has 0 aromatic carbocycles. The predicted molar refractivity (Wildman–Crippen MR) is 70.2 cm³/mol. The number of carbonyl (C=O) groups is 1. The fraction of sp³-hybridized carbons (Fsp3) is 0.727. The molecule has 0 saturated carbocycles. The Labute approximate surface area is 110 Å². The molecule has 0 amide bonds. The van der Waals surface area contributed by atoms with Crippen LogP contribution in [0.1, 0.15) is 6.42 Å². The average Bonchev–Trinajstić information content (AvgIpc) is 2.42. The van der Waals surface area contributed by atoms with Crippen LogP contribution in [0.3, 0.4) is 0 Å². The van der Waals surface area contributed by atoms with Gasteiger partial charge in [-0.25, -0.2) is 4.79 Å². The zero-order valence-corrected chi connectivity index (χ0v) is 12.4. The van der Waals surface area contributed by atoms with Gasteiger partial charge in [-0.1, -0.05) is 6.58 Å². The molecule has 0 aliphatic rings. The van der Waals surface area contributed by atoms with Crippen LogP contribution in [0.4, 0.5) is 0 Å². The van der Waals surface area contributed by atoms with Gasteiger partial charge in [-0.2, -0.15) is 0 Å². The van der Waals surface area contributed by atoms with Crippen molar-refractivity contribution in [3.05, 3.63) is 12.7 Å². The zero-order valence-electron chi connectivity index (χ0n) is 11.4. The number of nitrogens with one attached hydrogen (secondary N) is 1. The van der Waals surface area contributed by atoms with Gasteiger partial charge in [-0.05, 0) is 13.0 Å². The van der Waals surface area contributed by atoms with Gasteiger partial charge in [0.25, 0.3) is 0 Å². The molecule has 0 heterocycles. The van der Waals surface area contributed by atoms with Crippen LogP contribution in [0.15, 0.2) is 12.7 Å². The third-order valence-corrected chi connectivity index (χ3v) is 5.29. The third kappa shape index (κ3) is 6.87. The first-order valence-electron chi connectivity index (χ1n) is 5.79. The molecule has 0 aliphatic carbocycles. The van der Waals surface area contributed by atoms with Gasteiger partial charge < -0.3 is 23.3 Å². The highest BCUT2D eigenvalue weighted by atomic mass is 28.4. The van der Waals surface area contributed by atoms with E-state index >= 15 is 0 Å². The van der Waals surface area contributed by atoms with Gasteiger partial charge in [0.1, 0.15) is 6.61 Å². The van der Waals surface area contributed by atoms with E-state index in [1.165, 1.54) is 0 Å². The van der Waals surface area contributed by atoms with Crippen LogP contribution >= 0.6 is 0 Å². The van der Waals surface area contributed by atoms with Gasteiger partial charge in [0.05, 0.1) is 0 Å². The molecule has 18 heavy (non-hydrogen) atoms. The first kappa shape index (κ1) is 17.3. The van der Waals surface area contributed by atoms with Crippen molar-refractivity contribution < 1.29 is 22.8 Å². The quantitative estimate of drug-likeness (QED) is 0.258. The number of carbonyl (C=O) groups excluding carboxylic acids is 1. The molecule has 0 unspecified atom stereocenters. The highest BCUT2D eigenvalue weighted by molar-refractivity contribution is 6.60. The molecule has 0 radical (unpaired) electrons. The summed E-state index contributed by atoms with van der Waals surface area (Å²) in [6, 6.07) is 0.746. The molecule has 1 N–H and O–H groups in total. The summed E-state index contributed by atoms with van der Waals surface area (Å²) in [6.07, 6.45) is 2.02. The van der Waals surface area contributed by atoms with Crippen LogP contribution in [0.2, 0.25) is 6.04 Å². The largest absolute Gasteiger partial charge is 0.500 e. The Kier molecular flexibility index (Phi) is 9.80. The molecule has 7 heteroatoms. The van der Waals surface area contributed by atoms with Gasteiger partial charge in [-0.3, -0.25) is 0 Å². The lowest BCUT2D eigenvalue weighted by Crippen LogP contribution is -2.43. The SMILES string of the molecule is C=CC(=O)OCCNCCC[Si](OC)(OC)OC. The number of ether oxygens (including phenoxy) is 1. The third-order valence-electron chi connectivity index (χ3n) is 2.46. The second-order valence-corrected chi connectivity index (χ2v) is 6.61. The van der Waals surface area contributed by atoms with Crippen LogP contribution < -0.4 is 5.32 Å². The Bertz CT molecular complexity index is 237. The van der Waals surface area contributed by atoms with E-state index in [-0.39, 0.29) is 0 Å².